The van der Waals surface area contributed by atoms with E-state index in [0.717, 1.165) is 10.7 Å². The van der Waals surface area contributed by atoms with Gasteiger partial charge in [-0.15, -0.1) is 11.3 Å². The van der Waals surface area contributed by atoms with Crippen LogP contribution in [0.15, 0.2) is 4.99 Å². The predicted octanol–water partition coefficient (Wildman–Crippen LogP) is 2.92. The van der Waals surface area contributed by atoms with Crippen LogP contribution in [0.2, 0.25) is 0 Å². The fourth-order valence-electron chi connectivity index (χ4n) is 1.07. The molecular weight excluding hydrogens is 188 g/mol. The number of thiocarbonyl (C=S) groups is 1. The lowest BCUT2D eigenvalue weighted by Gasteiger charge is -1.99. The van der Waals surface area contributed by atoms with Crippen molar-refractivity contribution in [2.75, 3.05) is 0 Å². The van der Waals surface area contributed by atoms with Gasteiger partial charge in [0.25, 0.3) is 0 Å². The standard InChI is InChI=1S/C8H10N2S2/c1-5(9-4-11)8-6(2)10-7(3)12-8/h5H,1-3H3. The minimum Gasteiger partial charge on any atom is -0.247 e. The van der Waals surface area contributed by atoms with Crippen LogP contribution in [0.25, 0.3) is 0 Å². The van der Waals surface area contributed by atoms with Crippen molar-refractivity contribution in [2.45, 2.75) is 26.8 Å². The minimum absolute atomic E-state index is 0.105. The maximum Gasteiger partial charge on any atom is 0.0934 e. The van der Waals surface area contributed by atoms with Crippen molar-refractivity contribution in [3.05, 3.63) is 15.6 Å². The van der Waals surface area contributed by atoms with E-state index in [1.165, 1.54) is 4.88 Å². The summed E-state index contributed by atoms with van der Waals surface area (Å²) in [6, 6.07) is 0.105. The van der Waals surface area contributed by atoms with Crippen molar-refractivity contribution in [2.24, 2.45) is 4.99 Å². The van der Waals surface area contributed by atoms with Crippen LogP contribution in [0.1, 0.15) is 28.5 Å². The van der Waals surface area contributed by atoms with Gasteiger partial charge in [-0.3, -0.25) is 0 Å². The first-order valence-corrected chi connectivity index (χ1v) is 4.88. The van der Waals surface area contributed by atoms with Crippen LogP contribution in [0.5, 0.6) is 0 Å². The van der Waals surface area contributed by atoms with Crippen LogP contribution >= 0.6 is 23.6 Å². The molecule has 1 aromatic rings. The topological polar surface area (TPSA) is 25.2 Å². The highest BCUT2D eigenvalue weighted by molar-refractivity contribution is 7.78. The SMILES string of the molecule is Cc1nc(C)c(C(C)N=C=S)s1. The van der Waals surface area contributed by atoms with E-state index in [-0.39, 0.29) is 6.04 Å². The molecule has 1 rings (SSSR count). The largest absolute Gasteiger partial charge is 0.247 e. The summed E-state index contributed by atoms with van der Waals surface area (Å²) >= 11 is 6.22. The lowest BCUT2D eigenvalue weighted by Crippen LogP contribution is -1.87. The van der Waals surface area contributed by atoms with E-state index in [0.29, 0.717) is 0 Å². The van der Waals surface area contributed by atoms with Gasteiger partial charge in [-0.2, -0.15) is 0 Å². The van der Waals surface area contributed by atoms with E-state index in [4.69, 9.17) is 0 Å². The van der Waals surface area contributed by atoms with Gasteiger partial charge in [0.1, 0.15) is 0 Å². The van der Waals surface area contributed by atoms with Gasteiger partial charge in [-0.05, 0) is 33.0 Å². The summed E-state index contributed by atoms with van der Waals surface area (Å²) in [5.74, 6) is 0. The Hall–Kier alpha value is -0.570. The van der Waals surface area contributed by atoms with Crippen LogP contribution in [0.4, 0.5) is 0 Å². The van der Waals surface area contributed by atoms with Crippen LogP contribution in [-0.4, -0.2) is 10.1 Å². The summed E-state index contributed by atoms with van der Waals surface area (Å²) in [5, 5.41) is 3.47. The second-order valence-corrected chi connectivity index (χ2v) is 4.00. The van der Waals surface area contributed by atoms with E-state index < -0.39 is 0 Å². The Bertz CT molecular complexity index is 324. The highest BCUT2D eigenvalue weighted by atomic mass is 32.1. The van der Waals surface area contributed by atoms with E-state index in [1.54, 1.807) is 11.3 Å². The first-order valence-electron chi connectivity index (χ1n) is 3.66. The third-order valence-electron chi connectivity index (χ3n) is 1.57. The van der Waals surface area contributed by atoms with E-state index in [9.17, 15) is 0 Å². The fourth-order valence-corrected chi connectivity index (χ4v) is 2.15. The fraction of sp³-hybridized carbons (Fsp3) is 0.500. The van der Waals surface area contributed by atoms with Gasteiger partial charge in [0.15, 0.2) is 0 Å². The van der Waals surface area contributed by atoms with Crippen molar-refractivity contribution in [1.82, 2.24) is 4.98 Å². The van der Waals surface area contributed by atoms with Gasteiger partial charge < -0.3 is 0 Å². The number of rotatable bonds is 2. The lowest BCUT2D eigenvalue weighted by molar-refractivity contribution is 0.834. The molecule has 0 aliphatic carbocycles. The third-order valence-corrected chi connectivity index (χ3v) is 2.91. The van der Waals surface area contributed by atoms with E-state index >= 15 is 0 Å². The summed E-state index contributed by atoms with van der Waals surface area (Å²) in [4.78, 5) is 9.50. The monoisotopic (exact) mass is 198 g/mol. The molecule has 64 valence electrons. The summed E-state index contributed by atoms with van der Waals surface area (Å²) in [7, 11) is 0. The quantitative estimate of drug-likeness (QED) is 0.539. The van der Waals surface area contributed by atoms with Crippen molar-refractivity contribution in [3.63, 3.8) is 0 Å². The molecule has 0 spiro atoms. The van der Waals surface area contributed by atoms with Crippen molar-refractivity contribution < 1.29 is 0 Å². The van der Waals surface area contributed by atoms with Crippen LogP contribution < -0.4 is 0 Å². The molecule has 1 heterocycles. The average molecular weight is 198 g/mol. The molecule has 1 aromatic heterocycles. The number of aliphatic imine (C=N–C) groups is 1. The van der Waals surface area contributed by atoms with Gasteiger partial charge in [-0.25, -0.2) is 9.98 Å². The molecule has 0 aliphatic heterocycles. The molecule has 4 heteroatoms. The molecule has 0 aliphatic rings. The predicted molar refractivity (Wildman–Crippen MR) is 55.0 cm³/mol. The molecule has 1 atom stereocenters. The number of hydrogen-bond donors (Lipinski definition) is 0. The first kappa shape index (κ1) is 9.52. The van der Waals surface area contributed by atoms with E-state index in [1.807, 2.05) is 20.8 Å². The Kier molecular flexibility index (Phi) is 3.09. The summed E-state index contributed by atoms with van der Waals surface area (Å²) in [5.41, 5.74) is 1.05. The third kappa shape index (κ3) is 1.97. The molecule has 0 fully saturated rings. The molecule has 0 bridgehead atoms. The second kappa shape index (κ2) is 3.90. The zero-order valence-electron chi connectivity index (χ0n) is 7.29. The van der Waals surface area contributed by atoms with Gasteiger partial charge in [0, 0.05) is 0 Å². The van der Waals surface area contributed by atoms with Crippen molar-refractivity contribution in [3.8, 4) is 0 Å². The Morgan fingerprint density at radius 3 is 2.67 bits per heavy atom. The van der Waals surface area contributed by atoms with Gasteiger partial charge in [0.05, 0.1) is 26.8 Å². The van der Waals surface area contributed by atoms with E-state index in [2.05, 4.69) is 27.4 Å². The highest BCUT2D eigenvalue weighted by Crippen LogP contribution is 2.26. The summed E-state index contributed by atoms with van der Waals surface area (Å²) < 4.78 is 0. The maximum absolute atomic E-state index is 4.55. The summed E-state index contributed by atoms with van der Waals surface area (Å²) in [6.07, 6.45) is 0. The maximum atomic E-state index is 4.55. The summed E-state index contributed by atoms with van der Waals surface area (Å²) in [6.45, 7) is 5.99. The molecule has 1 unspecified atom stereocenters. The zero-order valence-corrected chi connectivity index (χ0v) is 8.92. The molecule has 0 saturated heterocycles. The Labute approximate surface area is 81.4 Å². The Morgan fingerprint density at radius 1 is 1.58 bits per heavy atom. The average Bonchev–Trinajstić information content (AvgIpc) is 2.30. The highest BCUT2D eigenvalue weighted by Gasteiger charge is 2.10. The molecule has 2 nitrogen and oxygen atoms in total. The van der Waals surface area contributed by atoms with Crippen LogP contribution in [-0.2, 0) is 0 Å². The Balaban J connectivity index is 3.01. The number of hydrogen-bond acceptors (Lipinski definition) is 4. The Morgan fingerprint density at radius 2 is 2.25 bits per heavy atom. The van der Waals surface area contributed by atoms with Gasteiger partial charge in [0.2, 0.25) is 0 Å². The number of isothiocyanates is 1. The van der Waals surface area contributed by atoms with Crippen molar-refractivity contribution in [1.29, 1.82) is 0 Å². The zero-order chi connectivity index (χ0) is 9.14. The van der Waals surface area contributed by atoms with Gasteiger partial charge in [-0.1, -0.05) is 0 Å². The first-order chi connectivity index (χ1) is 5.65. The number of nitrogens with zero attached hydrogens (tertiary/aromatic N) is 2. The normalized spacial score (nSPS) is 12.2. The lowest BCUT2D eigenvalue weighted by atomic mass is 10.2. The molecule has 0 saturated carbocycles. The number of aryl methyl sites for hydroxylation is 2. The molecule has 0 amide bonds. The second-order valence-electron chi connectivity index (χ2n) is 2.58. The number of thiazole rings is 1. The van der Waals surface area contributed by atoms with Crippen LogP contribution in [0, 0.1) is 13.8 Å². The number of aromatic nitrogens is 1. The molecular formula is C8H10N2S2. The van der Waals surface area contributed by atoms with Crippen molar-refractivity contribution >= 4 is 28.7 Å². The molecule has 0 N–H and O–H groups in total. The molecule has 0 aromatic carbocycles. The van der Waals surface area contributed by atoms with Gasteiger partial charge >= 0.3 is 0 Å². The van der Waals surface area contributed by atoms with Crippen LogP contribution in [0.3, 0.4) is 0 Å². The smallest absolute Gasteiger partial charge is 0.0934 e. The molecule has 12 heavy (non-hydrogen) atoms. The molecule has 0 radical (unpaired) electrons. The minimum atomic E-state index is 0.105.